The van der Waals surface area contributed by atoms with Crippen LogP contribution in [0.1, 0.15) is 45.2 Å². The molecule has 0 nitrogen and oxygen atoms in total. The minimum atomic E-state index is -2.00. The molecule has 0 fully saturated rings. The average molecular weight is 441 g/mol. The van der Waals surface area contributed by atoms with Crippen LogP contribution >= 0.6 is 0 Å². The minimum Gasteiger partial charge on any atom is -0.0720 e. The van der Waals surface area contributed by atoms with Crippen molar-refractivity contribution in [1.82, 2.24) is 0 Å². The fourth-order valence-corrected chi connectivity index (χ4v) is 9.12. The Hall–Kier alpha value is -3.42. The van der Waals surface area contributed by atoms with Crippen LogP contribution in [0, 0.1) is 0 Å². The van der Waals surface area contributed by atoms with Gasteiger partial charge >= 0.3 is 0 Å². The molecule has 0 aromatic heterocycles. The Morgan fingerprint density at radius 1 is 0.485 bits per heavy atom. The molecule has 4 aromatic rings. The highest BCUT2D eigenvalue weighted by molar-refractivity contribution is 7.01. The van der Waals surface area contributed by atoms with Crippen LogP contribution in [0.15, 0.2) is 109 Å². The number of hydrogen-bond donors (Lipinski definition) is 0. The molecular weight excluding hydrogens is 412 g/mol. The molecule has 2 atom stereocenters. The van der Waals surface area contributed by atoms with Gasteiger partial charge in [0.25, 0.3) is 0 Å². The Morgan fingerprint density at radius 2 is 0.909 bits per heavy atom. The molecule has 0 heterocycles. The van der Waals surface area contributed by atoms with Crippen LogP contribution in [0.25, 0.3) is 12.2 Å². The van der Waals surface area contributed by atoms with Gasteiger partial charge in [0.2, 0.25) is 0 Å². The highest BCUT2D eigenvalue weighted by Crippen LogP contribution is 2.38. The van der Waals surface area contributed by atoms with Crippen molar-refractivity contribution in [2.45, 2.75) is 24.9 Å². The van der Waals surface area contributed by atoms with Gasteiger partial charge in [-0.2, -0.15) is 0 Å². The van der Waals surface area contributed by atoms with Crippen LogP contribution in [0.4, 0.5) is 0 Å². The summed E-state index contributed by atoms with van der Waals surface area (Å²) >= 11 is 0. The zero-order valence-corrected chi connectivity index (χ0v) is 20.2. The quantitative estimate of drug-likeness (QED) is 0.305. The Bertz CT molecular complexity index is 1270. The predicted molar refractivity (Wildman–Crippen MR) is 144 cm³/mol. The third-order valence-corrected chi connectivity index (χ3v) is 11.1. The summed E-state index contributed by atoms with van der Waals surface area (Å²) < 4.78 is 0. The van der Waals surface area contributed by atoms with Crippen LogP contribution in [-0.2, 0) is 0 Å². The summed E-state index contributed by atoms with van der Waals surface area (Å²) in [5, 5.41) is 3.12. The van der Waals surface area contributed by atoms with Crippen LogP contribution in [-0.4, -0.2) is 8.07 Å². The molecule has 6 rings (SSSR count). The van der Waals surface area contributed by atoms with Crippen molar-refractivity contribution in [3.8, 4) is 0 Å². The molecule has 2 aliphatic rings. The van der Waals surface area contributed by atoms with E-state index < -0.39 is 8.07 Å². The smallest absolute Gasteiger partial charge is 0.0720 e. The number of benzene rings is 4. The molecule has 2 unspecified atom stereocenters. The summed E-state index contributed by atoms with van der Waals surface area (Å²) in [5.74, 6) is 0.674. The van der Waals surface area contributed by atoms with Crippen molar-refractivity contribution < 1.29 is 0 Å². The summed E-state index contributed by atoms with van der Waals surface area (Å²) in [6.07, 6.45) is 9.42. The van der Waals surface area contributed by atoms with Gasteiger partial charge in [-0.25, -0.2) is 0 Å². The van der Waals surface area contributed by atoms with E-state index in [0.29, 0.717) is 11.8 Å². The highest BCUT2D eigenvalue weighted by Gasteiger charge is 2.37. The van der Waals surface area contributed by atoms with Gasteiger partial charge in [-0.15, -0.1) is 0 Å². The van der Waals surface area contributed by atoms with Crippen molar-refractivity contribution in [3.05, 3.63) is 143 Å². The molecule has 0 N–H and O–H groups in total. The molecule has 0 spiro atoms. The molecule has 4 aromatic carbocycles. The van der Waals surface area contributed by atoms with Crippen molar-refractivity contribution in [2.75, 3.05) is 0 Å². The maximum atomic E-state index is 2.54. The van der Waals surface area contributed by atoms with Gasteiger partial charge < -0.3 is 0 Å². The lowest BCUT2D eigenvalue weighted by molar-refractivity contribution is 1.05. The van der Waals surface area contributed by atoms with Crippen LogP contribution in [0.3, 0.4) is 0 Å². The van der Waals surface area contributed by atoms with E-state index in [0.717, 1.165) is 0 Å². The van der Waals surface area contributed by atoms with Crippen LogP contribution < -0.4 is 10.4 Å². The highest BCUT2D eigenvalue weighted by atomic mass is 28.3. The Balaban J connectivity index is 1.51. The molecular formula is C32H28Si. The zero-order chi connectivity index (χ0) is 22.4. The number of rotatable bonds is 4. The molecule has 0 radical (unpaired) electrons. The number of fused-ring (bicyclic) bond motifs is 2. The summed E-state index contributed by atoms with van der Waals surface area (Å²) in [5.41, 5.74) is 8.55. The summed E-state index contributed by atoms with van der Waals surface area (Å²) in [4.78, 5) is 0. The number of hydrogen-bond acceptors (Lipinski definition) is 0. The van der Waals surface area contributed by atoms with Gasteiger partial charge in [-0.1, -0.05) is 134 Å². The van der Waals surface area contributed by atoms with Gasteiger partial charge in [-0.05, 0) is 43.8 Å². The molecule has 0 saturated carbocycles. The van der Waals surface area contributed by atoms with Crippen molar-refractivity contribution in [1.29, 1.82) is 0 Å². The second kappa shape index (κ2) is 7.86. The van der Waals surface area contributed by atoms with E-state index in [1.807, 2.05) is 0 Å². The monoisotopic (exact) mass is 440 g/mol. The zero-order valence-electron chi connectivity index (χ0n) is 19.2. The molecule has 1 heteroatoms. The van der Waals surface area contributed by atoms with E-state index in [1.54, 1.807) is 10.4 Å². The van der Waals surface area contributed by atoms with E-state index >= 15 is 0 Å². The fourth-order valence-electron chi connectivity index (χ4n) is 5.85. The van der Waals surface area contributed by atoms with E-state index in [4.69, 9.17) is 0 Å². The lowest BCUT2D eigenvalue weighted by atomic mass is 9.93. The van der Waals surface area contributed by atoms with E-state index in [-0.39, 0.29) is 0 Å². The molecule has 0 saturated heterocycles. The predicted octanol–water partition coefficient (Wildman–Crippen LogP) is 6.83. The molecule has 0 aliphatic heterocycles. The first-order valence-electron chi connectivity index (χ1n) is 11.9. The second-order valence-corrected chi connectivity index (χ2v) is 14.1. The van der Waals surface area contributed by atoms with Gasteiger partial charge in [0.1, 0.15) is 8.07 Å². The Morgan fingerprint density at radius 3 is 1.33 bits per heavy atom. The fraction of sp³-hybridized carbons (Fsp3) is 0.125. The first-order chi connectivity index (χ1) is 16.1. The van der Waals surface area contributed by atoms with Crippen molar-refractivity contribution in [3.63, 3.8) is 0 Å². The maximum Gasteiger partial charge on any atom is 0.113 e. The largest absolute Gasteiger partial charge is 0.113 e. The first kappa shape index (κ1) is 20.2. The summed E-state index contributed by atoms with van der Waals surface area (Å²) in [7, 11) is -2.00. The minimum absolute atomic E-state index is 0.337. The van der Waals surface area contributed by atoms with Gasteiger partial charge in [-0.3, -0.25) is 0 Å². The lowest BCUT2D eigenvalue weighted by Gasteiger charge is -2.32. The van der Waals surface area contributed by atoms with Crippen LogP contribution in [0.5, 0.6) is 0 Å². The molecule has 33 heavy (non-hydrogen) atoms. The molecule has 0 amide bonds. The normalized spacial score (nSPS) is 18.4. The standard InChI is InChI=1S/C32H28Si/c1-33(2,29-17-9-15-25-19-21-27(31(25)29)23-11-5-3-6-12-23)30-18-10-16-26-20-22-28(32(26)30)24-13-7-4-8-14-24/h3-22,27-28H,1-2H3. The van der Waals surface area contributed by atoms with E-state index in [2.05, 4.69) is 134 Å². The molecule has 2 aliphatic carbocycles. The summed E-state index contributed by atoms with van der Waals surface area (Å²) in [6.45, 7) is 5.08. The summed E-state index contributed by atoms with van der Waals surface area (Å²) in [6, 6.07) is 35.8. The lowest BCUT2D eigenvalue weighted by Crippen LogP contribution is -2.56. The van der Waals surface area contributed by atoms with Gasteiger partial charge in [0.05, 0.1) is 0 Å². The number of allylic oxidation sites excluding steroid dienone is 2. The SMILES string of the molecule is C[Si](C)(c1cccc2c1C(c1ccccc1)C=C2)c1cccc2c1C(c1ccccc1)C=C2. The van der Waals surface area contributed by atoms with E-state index in [1.165, 1.54) is 33.4 Å². The van der Waals surface area contributed by atoms with Crippen molar-refractivity contribution >= 4 is 30.6 Å². The van der Waals surface area contributed by atoms with Crippen LogP contribution in [0.2, 0.25) is 13.1 Å². The van der Waals surface area contributed by atoms with Gasteiger partial charge in [0, 0.05) is 11.8 Å². The maximum absolute atomic E-state index is 2.54. The third kappa shape index (κ3) is 3.27. The second-order valence-electron chi connectivity index (χ2n) is 9.74. The average Bonchev–Trinajstić information content (AvgIpc) is 3.49. The van der Waals surface area contributed by atoms with E-state index in [9.17, 15) is 0 Å². The molecule has 160 valence electrons. The van der Waals surface area contributed by atoms with Gasteiger partial charge in [0.15, 0.2) is 0 Å². The Kier molecular flexibility index (Phi) is 4.81. The topological polar surface area (TPSA) is 0 Å². The molecule has 0 bridgehead atoms. The van der Waals surface area contributed by atoms with Crippen molar-refractivity contribution in [2.24, 2.45) is 0 Å². The first-order valence-corrected chi connectivity index (χ1v) is 14.9. The Labute approximate surface area is 198 Å². The third-order valence-electron chi connectivity index (χ3n) is 7.50.